The largest absolute Gasteiger partial charge is 0.387 e. The third-order valence-electron chi connectivity index (χ3n) is 4.28. The van der Waals surface area contributed by atoms with Crippen LogP contribution < -0.4 is 5.73 Å². The minimum absolute atomic E-state index is 0.00140. The molecule has 1 saturated carbocycles. The van der Waals surface area contributed by atoms with Crippen molar-refractivity contribution in [2.45, 2.75) is 38.0 Å². The second-order valence-electron chi connectivity index (χ2n) is 6.19. The molecule has 0 radical (unpaired) electrons. The zero-order valence-corrected chi connectivity index (χ0v) is 13.2. The summed E-state index contributed by atoms with van der Waals surface area (Å²) >= 11 is 0. The van der Waals surface area contributed by atoms with Gasteiger partial charge in [-0.15, -0.1) is 0 Å². The molecule has 7 nitrogen and oxygen atoms in total. The third kappa shape index (κ3) is 3.73. The first-order chi connectivity index (χ1) is 10.4. The number of sulfone groups is 1. The Morgan fingerprint density at radius 3 is 2.68 bits per heavy atom. The van der Waals surface area contributed by atoms with Crippen LogP contribution in [0.2, 0.25) is 0 Å². The van der Waals surface area contributed by atoms with Crippen molar-refractivity contribution in [2.75, 3.05) is 11.5 Å². The summed E-state index contributed by atoms with van der Waals surface area (Å²) in [5.41, 5.74) is 7.47. The van der Waals surface area contributed by atoms with Gasteiger partial charge in [0.05, 0.1) is 11.5 Å². The summed E-state index contributed by atoms with van der Waals surface area (Å²) in [5, 5.41) is 15.2. The van der Waals surface area contributed by atoms with E-state index in [9.17, 15) is 8.42 Å². The predicted octanol–water partition coefficient (Wildman–Crippen LogP) is 1.51. The fourth-order valence-corrected chi connectivity index (χ4v) is 4.24. The molecular formula is C14H21N5O2S. The van der Waals surface area contributed by atoms with Gasteiger partial charge in [0.25, 0.3) is 0 Å². The first-order valence-electron chi connectivity index (χ1n) is 7.59. The van der Waals surface area contributed by atoms with E-state index < -0.39 is 9.84 Å². The molecule has 1 aliphatic heterocycles. The van der Waals surface area contributed by atoms with Gasteiger partial charge in [-0.1, -0.05) is 0 Å². The van der Waals surface area contributed by atoms with Crippen LogP contribution in [-0.4, -0.2) is 41.7 Å². The van der Waals surface area contributed by atoms with Gasteiger partial charge in [0.1, 0.15) is 15.7 Å². The number of nitrogens with zero attached hydrogens (tertiary/aromatic N) is 2. The smallest absolute Gasteiger partial charge is 0.175 e. The van der Waals surface area contributed by atoms with Gasteiger partial charge >= 0.3 is 0 Å². The average molecular weight is 323 g/mol. The van der Waals surface area contributed by atoms with E-state index in [-0.39, 0.29) is 23.8 Å². The maximum atomic E-state index is 11.4. The summed E-state index contributed by atoms with van der Waals surface area (Å²) in [6.45, 7) is 0. The summed E-state index contributed by atoms with van der Waals surface area (Å²) in [4.78, 5) is 4.25. The molecule has 0 unspecified atom stereocenters. The van der Waals surface area contributed by atoms with Crippen molar-refractivity contribution in [1.29, 1.82) is 5.41 Å². The number of aromatic amines is 1. The van der Waals surface area contributed by atoms with E-state index in [0.717, 1.165) is 5.69 Å². The fourth-order valence-electron chi connectivity index (χ4n) is 2.75. The minimum atomic E-state index is -2.90. The Morgan fingerprint density at radius 1 is 1.36 bits per heavy atom. The van der Waals surface area contributed by atoms with Crippen LogP contribution in [0.15, 0.2) is 11.1 Å². The van der Waals surface area contributed by atoms with Crippen molar-refractivity contribution >= 4 is 27.2 Å². The van der Waals surface area contributed by atoms with Gasteiger partial charge in [0.2, 0.25) is 0 Å². The number of nitrogens with two attached hydrogens (primary N) is 1. The molecule has 2 aliphatic rings. The van der Waals surface area contributed by atoms with Crippen LogP contribution in [0, 0.1) is 11.3 Å². The molecule has 0 spiro atoms. The van der Waals surface area contributed by atoms with Crippen molar-refractivity contribution in [2.24, 2.45) is 16.6 Å². The van der Waals surface area contributed by atoms with E-state index >= 15 is 0 Å². The molecular weight excluding hydrogens is 302 g/mol. The van der Waals surface area contributed by atoms with E-state index in [1.807, 2.05) is 6.07 Å². The number of aliphatic imine (C=N–C) groups is 1. The number of nitrogens with one attached hydrogen (secondary N) is 2. The van der Waals surface area contributed by atoms with Crippen molar-refractivity contribution in [3.05, 3.63) is 11.8 Å². The second-order valence-corrected chi connectivity index (χ2v) is 8.49. The summed E-state index contributed by atoms with van der Waals surface area (Å²) < 4.78 is 22.8. The Kier molecular flexibility index (Phi) is 4.03. The maximum absolute atomic E-state index is 11.4. The van der Waals surface area contributed by atoms with E-state index in [2.05, 4.69) is 15.2 Å². The third-order valence-corrected chi connectivity index (χ3v) is 5.99. The molecule has 1 aliphatic carbocycles. The van der Waals surface area contributed by atoms with Gasteiger partial charge in [0, 0.05) is 29.8 Å². The molecule has 2 fully saturated rings. The minimum Gasteiger partial charge on any atom is -0.387 e. The Hall–Kier alpha value is -1.70. The highest BCUT2D eigenvalue weighted by molar-refractivity contribution is 7.91. The molecule has 8 heteroatoms. The Bertz CT molecular complexity index is 689. The molecule has 1 aromatic rings. The number of aromatic nitrogens is 2. The molecule has 0 amide bonds. The molecule has 22 heavy (non-hydrogen) atoms. The van der Waals surface area contributed by atoms with Crippen molar-refractivity contribution in [3.63, 3.8) is 0 Å². The Morgan fingerprint density at radius 2 is 2.05 bits per heavy atom. The number of hydrogen-bond acceptors (Lipinski definition) is 5. The second kappa shape index (κ2) is 5.83. The predicted molar refractivity (Wildman–Crippen MR) is 85.6 cm³/mol. The lowest BCUT2D eigenvalue weighted by molar-refractivity contribution is 0.546. The zero-order valence-electron chi connectivity index (χ0n) is 12.4. The highest BCUT2D eigenvalue weighted by Gasteiger charge is 2.27. The maximum Gasteiger partial charge on any atom is 0.175 e. The van der Waals surface area contributed by atoms with Gasteiger partial charge in [-0.05, 0) is 31.6 Å². The van der Waals surface area contributed by atoms with Crippen LogP contribution in [0.3, 0.4) is 0 Å². The number of hydrogen-bond donors (Lipinski definition) is 3. The monoisotopic (exact) mass is 323 g/mol. The average Bonchev–Trinajstić information content (AvgIpc) is 3.19. The fraction of sp³-hybridized carbons (Fsp3) is 0.643. The van der Waals surface area contributed by atoms with E-state index in [1.165, 1.54) is 12.8 Å². The molecule has 0 bridgehead atoms. The van der Waals surface area contributed by atoms with Crippen LogP contribution in [-0.2, 0) is 9.84 Å². The Balaban J connectivity index is 1.57. The van der Waals surface area contributed by atoms with Crippen LogP contribution in [0.5, 0.6) is 0 Å². The summed E-state index contributed by atoms with van der Waals surface area (Å²) in [6.07, 6.45) is 3.69. The lowest BCUT2D eigenvalue weighted by Crippen LogP contribution is -2.30. The molecule has 120 valence electrons. The number of H-pyrrole nitrogens is 1. The molecule has 4 N–H and O–H groups in total. The van der Waals surface area contributed by atoms with Gasteiger partial charge < -0.3 is 11.1 Å². The zero-order chi connectivity index (χ0) is 15.7. The normalized spacial score (nSPS) is 22.6. The summed E-state index contributed by atoms with van der Waals surface area (Å²) in [5.74, 6) is 1.83. The van der Waals surface area contributed by atoms with Crippen LogP contribution in [0.25, 0.3) is 0 Å². The van der Waals surface area contributed by atoms with Gasteiger partial charge in [-0.2, -0.15) is 5.10 Å². The standard InChI is InChI=1S/C14H21N5O2S/c15-11(9-3-5-22(20,21)6-4-9)7-13(16)17-14-8-12(18-19-14)10-1-2-10/h8-10,15H,1-7H2,(H3,16,17,18,19). The SMILES string of the molecule is N=C(CC(N)=Nc1cc(C2CC2)[nH]n1)C1CCS(=O)(=O)CC1. The molecule has 1 saturated heterocycles. The summed E-state index contributed by atoms with van der Waals surface area (Å²) in [7, 11) is -2.90. The first-order valence-corrected chi connectivity index (χ1v) is 9.41. The topological polar surface area (TPSA) is 125 Å². The van der Waals surface area contributed by atoms with Gasteiger partial charge in [0.15, 0.2) is 5.82 Å². The summed E-state index contributed by atoms with van der Waals surface area (Å²) in [6, 6.07) is 1.90. The van der Waals surface area contributed by atoms with Crippen molar-refractivity contribution in [3.8, 4) is 0 Å². The first kappa shape index (κ1) is 15.2. The molecule has 0 aromatic carbocycles. The molecule has 3 rings (SSSR count). The highest BCUT2D eigenvalue weighted by Crippen LogP contribution is 2.39. The quantitative estimate of drug-likeness (QED) is 0.561. The van der Waals surface area contributed by atoms with Crippen LogP contribution in [0.4, 0.5) is 5.82 Å². The molecule has 2 heterocycles. The number of rotatable bonds is 5. The van der Waals surface area contributed by atoms with Crippen LogP contribution in [0.1, 0.15) is 43.7 Å². The Labute approximate surface area is 129 Å². The van der Waals surface area contributed by atoms with E-state index in [4.69, 9.17) is 11.1 Å². The molecule has 1 aromatic heterocycles. The van der Waals surface area contributed by atoms with Crippen molar-refractivity contribution in [1.82, 2.24) is 10.2 Å². The highest BCUT2D eigenvalue weighted by atomic mass is 32.2. The van der Waals surface area contributed by atoms with Gasteiger partial charge in [-0.3, -0.25) is 5.10 Å². The van der Waals surface area contributed by atoms with Crippen molar-refractivity contribution < 1.29 is 8.42 Å². The van der Waals surface area contributed by atoms with Crippen LogP contribution >= 0.6 is 0 Å². The lowest BCUT2D eigenvalue weighted by Gasteiger charge is -2.22. The van der Waals surface area contributed by atoms with Gasteiger partial charge in [-0.25, -0.2) is 13.4 Å². The van der Waals surface area contributed by atoms with E-state index in [1.54, 1.807) is 0 Å². The van der Waals surface area contributed by atoms with E-state index in [0.29, 0.717) is 36.1 Å². The lowest BCUT2D eigenvalue weighted by atomic mass is 9.94. The number of amidine groups is 1. The molecule has 0 atom stereocenters.